The molecule has 0 aliphatic carbocycles. The molecule has 0 radical (unpaired) electrons. The molecular formula is C29H36N4O5. The number of nitrogens with one attached hydrogen (secondary N) is 1. The van der Waals surface area contributed by atoms with Crippen molar-refractivity contribution in [1.29, 1.82) is 0 Å². The van der Waals surface area contributed by atoms with E-state index in [1.165, 1.54) is 0 Å². The summed E-state index contributed by atoms with van der Waals surface area (Å²) in [6.45, 7) is 8.46. The van der Waals surface area contributed by atoms with Crippen molar-refractivity contribution in [3.63, 3.8) is 0 Å². The number of carbonyl (C=O) groups excluding carboxylic acids is 3. The van der Waals surface area contributed by atoms with Crippen LogP contribution in [0.5, 0.6) is 5.75 Å². The van der Waals surface area contributed by atoms with Gasteiger partial charge in [-0.3, -0.25) is 14.6 Å². The maximum absolute atomic E-state index is 13.4. The van der Waals surface area contributed by atoms with Crippen molar-refractivity contribution >= 4 is 17.9 Å². The molecule has 0 spiro atoms. The van der Waals surface area contributed by atoms with Gasteiger partial charge in [0.05, 0.1) is 25.3 Å². The van der Waals surface area contributed by atoms with E-state index in [1.54, 1.807) is 18.9 Å². The van der Waals surface area contributed by atoms with Crippen molar-refractivity contribution in [3.8, 4) is 5.75 Å². The van der Waals surface area contributed by atoms with E-state index in [-0.39, 0.29) is 24.6 Å². The van der Waals surface area contributed by atoms with Crippen LogP contribution in [0.2, 0.25) is 0 Å². The quantitative estimate of drug-likeness (QED) is 0.537. The molecule has 2 heterocycles. The Kier molecular flexibility index (Phi) is 8.68. The van der Waals surface area contributed by atoms with Crippen molar-refractivity contribution in [2.75, 3.05) is 46.4 Å². The summed E-state index contributed by atoms with van der Waals surface area (Å²) >= 11 is 0. The van der Waals surface area contributed by atoms with Crippen molar-refractivity contribution in [3.05, 3.63) is 77.0 Å². The maximum Gasteiger partial charge on any atom is 0.338 e. The number of nitrogens with zero attached hydrogens (tertiary/aromatic N) is 3. The number of ether oxygens (including phenoxy) is 2. The summed E-state index contributed by atoms with van der Waals surface area (Å²) in [6.07, 6.45) is 0. The molecule has 2 aromatic rings. The molecule has 0 bridgehead atoms. The largest absolute Gasteiger partial charge is 0.497 e. The minimum absolute atomic E-state index is 0.00879. The molecule has 3 amide bonds. The van der Waals surface area contributed by atoms with Crippen LogP contribution in [-0.2, 0) is 9.53 Å². The molecule has 9 heteroatoms. The van der Waals surface area contributed by atoms with Gasteiger partial charge in [-0.2, -0.15) is 0 Å². The number of urea groups is 1. The summed E-state index contributed by atoms with van der Waals surface area (Å²) in [5, 5.41) is 2.99. The fourth-order valence-electron chi connectivity index (χ4n) is 5.17. The second-order valence-electron chi connectivity index (χ2n) is 9.43. The number of likely N-dealkylation sites (N-methyl/N-ethyl adjacent to an activating group) is 1. The maximum atomic E-state index is 13.4. The highest BCUT2D eigenvalue weighted by Gasteiger charge is 2.39. The number of hydrogen-bond acceptors (Lipinski definition) is 6. The zero-order chi connectivity index (χ0) is 27.2. The summed E-state index contributed by atoms with van der Waals surface area (Å²) in [5.74, 6) is 0.182. The second kappa shape index (κ2) is 12.1. The topological polar surface area (TPSA) is 91.4 Å². The van der Waals surface area contributed by atoms with E-state index in [9.17, 15) is 14.4 Å². The smallest absolute Gasteiger partial charge is 0.338 e. The number of rotatable bonds is 8. The first-order valence-corrected chi connectivity index (χ1v) is 13.1. The predicted octanol–water partition coefficient (Wildman–Crippen LogP) is 3.45. The third-order valence-corrected chi connectivity index (χ3v) is 7.04. The van der Waals surface area contributed by atoms with Crippen molar-refractivity contribution in [1.82, 2.24) is 20.0 Å². The third kappa shape index (κ3) is 5.67. The van der Waals surface area contributed by atoms with Crippen LogP contribution in [0.3, 0.4) is 0 Å². The highest BCUT2D eigenvalue weighted by molar-refractivity contribution is 5.95. The Labute approximate surface area is 224 Å². The molecule has 4 rings (SSSR count). The van der Waals surface area contributed by atoms with E-state index in [2.05, 4.69) is 10.2 Å². The van der Waals surface area contributed by atoms with E-state index in [0.29, 0.717) is 55.3 Å². The van der Waals surface area contributed by atoms with Crippen LogP contribution in [-0.4, -0.2) is 85.1 Å². The average molecular weight is 521 g/mol. The van der Waals surface area contributed by atoms with Crippen LogP contribution in [0.25, 0.3) is 0 Å². The number of benzene rings is 2. The van der Waals surface area contributed by atoms with Crippen LogP contribution in [0.1, 0.15) is 42.7 Å². The van der Waals surface area contributed by atoms with Gasteiger partial charge >= 0.3 is 12.0 Å². The van der Waals surface area contributed by atoms with Gasteiger partial charge < -0.3 is 19.7 Å². The Balaban J connectivity index is 1.64. The standard InChI is InChI=1S/C29H36N4O5/c1-5-32-24(19-31-15-16-33(20(3)18-31)27(34)21-11-8-7-9-12-21)25(28(35)38-6-2)26(30-29(32)36)22-13-10-14-23(17-22)37-4/h7-14,17,20,26H,5-6,15-16,18-19H2,1-4H3,(H,30,36)/t20-,26+/m1/s1. The summed E-state index contributed by atoms with van der Waals surface area (Å²) in [7, 11) is 1.58. The zero-order valence-corrected chi connectivity index (χ0v) is 22.5. The predicted molar refractivity (Wildman–Crippen MR) is 144 cm³/mol. The lowest BCUT2D eigenvalue weighted by molar-refractivity contribution is -0.139. The molecule has 202 valence electrons. The van der Waals surface area contributed by atoms with E-state index in [4.69, 9.17) is 9.47 Å². The second-order valence-corrected chi connectivity index (χ2v) is 9.43. The summed E-state index contributed by atoms with van der Waals surface area (Å²) in [4.78, 5) is 45.4. The number of esters is 1. The van der Waals surface area contributed by atoms with Gasteiger partial charge in [0.2, 0.25) is 0 Å². The van der Waals surface area contributed by atoms with E-state index in [0.717, 1.165) is 5.56 Å². The van der Waals surface area contributed by atoms with Gasteiger partial charge in [0.1, 0.15) is 5.75 Å². The monoisotopic (exact) mass is 520 g/mol. The molecule has 2 aromatic carbocycles. The molecule has 2 aliphatic heterocycles. The SMILES string of the molecule is CCOC(=O)C1=C(CN2CCN(C(=O)c3ccccc3)[C@H](C)C2)N(CC)C(=O)N[C@H]1c1cccc(OC)c1. The molecule has 1 saturated heterocycles. The first-order valence-electron chi connectivity index (χ1n) is 13.1. The van der Waals surface area contributed by atoms with Gasteiger partial charge in [-0.15, -0.1) is 0 Å². The highest BCUT2D eigenvalue weighted by Crippen LogP contribution is 2.33. The average Bonchev–Trinajstić information content (AvgIpc) is 2.93. The normalized spacial score (nSPS) is 20.3. The third-order valence-electron chi connectivity index (χ3n) is 7.04. The van der Waals surface area contributed by atoms with Gasteiger partial charge in [-0.1, -0.05) is 30.3 Å². The first-order chi connectivity index (χ1) is 18.4. The summed E-state index contributed by atoms with van der Waals surface area (Å²) in [5.41, 5.74) is 2.44. The molecule has 38 heavy (non-hydrogen) atoms. The van der Waals surface area contributed by atoms with E-state index < -0.39 is 12.0 Å². The van der Waals surface area contributed by atoms with E-state index in [1.807, 2.05) is 73.3 Å². The van der Waals surface area contributed by atoms with Crippen molar-refractivity contribution < 1.29 is 23.9 Å². The zero-order valence-electron chi connectivity index (χ0n) is 22.5. The van der Waals surface area contributed by atoms with E-state index >= 15 is 0 Å². The summed E-state index contributed by atoms with van der Waals surface area (Å²) in [6, 6.07) is 15.6. The van der Waals surface area contributed by atoms with Gasteiger partial charge in [0, 0.05) is 50.0 Å². The van der Waals surface area contributed by atoms with Crippen LogP contribution >= 0.6 is 0 Å². The van der Waals surface area contributed by atoms with Crippen molar-refractivity contribution in [2.24, 2.45) is 0 Å². The molecular weight excluding hydrogens is 484 g/mol. The van der Waals surface area contributed by atoms with Gasteiger partial charge in [-0.05, 0) is 50.6 Å². The molecule has 0 saturated carbocycles. The Bertz CT molecular complexity index is 1200. The van der Waals surface area contributed by atoms with Crippen LogP contribution < -0.4 is 10.1 Å². The van der Waals surface area contributed by atoms with Crippen LogP contribution in [0, 0.1) is 0 Å². The lowest BCUT2D eigenvalue weighted by atomic mass is 9.93. The Morgan fingerprint density at radius 1 is 1.05 bits per heavy atom. The molecule has 0 aromatic heterocycles. The number of amides is 3. The summed E-state index contributed by atoms with van der Waals surface area (Å²) < 4.78 is 10.9. The van der Waals surface area contributed by atoms with Crippen LogP contribution in [0.4, 0.5) is 4.79 Å². The Morgan fingerprint density at radius 2 is 1.82 bits per heavy atom. The highest BCUT2D eigenvalue weighted by atomic mass is 16.5. The van der Waals surface area contributed by atoms with Gasteiger partial charge in [-0.25, -0.2) is 9.59 Å². The Morgan fingerprint density at radius 3 is 2.47 bits per heavy atom. The fourth-order valence-corrected chi connectivity index (χ4v) is 5.17. The Hall–Kier alpha value is -3.85. The molecule has 0 unspecified atom stereocenters. The fraction of sp³-hybridized carbons (Fsp3) is 0.414. The minimum Gasteiger partial charge on any atom is -0.497 e. The number of carbonyl (C=O) groups is 3. The lowest BCUT2D eigenvalue weighted by Gasteiger charge is -2.43. The minimum atomic E-state index is -0.673. The van der Waals surface area contributed by atoms with Crippen LogP contribution in [0.15, 0.2) is 65.9 Å². The molecule has 1 fully saturated rings. The first kappa shape index (κ1) is 27.2. The molecule has 9 nitrogen and oxygen atoms in total. The van der Waals surface area contributed by atoms with Gasteiger partial charge in [0.25, 0.3) is 5.91 Å². The molecule has 2 atom stereocenters. The number of methoxy groups -OCH3 is 1. The number of piperazine rings is 1. The lowest BCUT2D eigenvalue weighted by Crippen LogP contribution is -2.56. The molecule has 1 N–H and O–H groups in total. The van der Waals surface area contributed by atoms with Crippen molar-refractivity contribution in [2.45, 2.75) is 32.9 Å². The molecule has 2 aliphatic rings. The number of hydrogen-bond donors (Lipinski definition) is 1. The van der Waals surface area contributed by atoms with Gasteiger partial charge in [0.15, 0.2) is 0 Å².